The van der Waals surface area contributed by atoms with Crippen LogP contribution in [-0.2, 0) is 5.54 Å². The molecule has 0 aliphatic heterocycles. The van der Waals surface area contributed by atoms with Gasteiger partial charge < -0.3 is 5.32 Å². The van der Waals surface area contributed by atoms with E-state index in [0.29, 0.717) is 13.0 Å². The van der Waals surface area contributed by atoms with Crippen LogP contribution in [0.4, 0.5) is 17.6 Å². The highest BCUT2D eigenvalue weighted by Gasteiger charge is 2.39. The van der Waals surface area contributed by atoms with Crippen LogP contribution in [0.5, 0.6) is 0 Å². The van der Waals surface area contributed by atoms with Crippen LogP contribution < -0.4 is 5.32 Å². The van der Waals surface area contributed by atoms with E-state index in [0.717, 1.165) is 6.07 Å². The third-order valence-corrected chi connectivity index (χ3v) is 2.69. The predicted octanol–water partition coefficient (Wildman–Crippen LogP) is 3.44. The van der Waals surface area contributed by atoms with Gasteiger partial charge in [-0.15, -0.1) is 0 Å². The fourth-order valence-electron chi connectivity index (χ4n) is 1.58. The lowest BCUT2D eigenvalue weighted by molar-refractivity contribution is 0.0360. The van der Waals surface area contributed by atoms with Crippen LogP contribution in [0, 0.1) is 11.6 Å². The first kappa shape index (κ1) is 14.0. The lowest BCUT2D eigenvalue weighted by Crippen LogP contribution is -2.47. The zero-order valence-electron chi connectivity index (χ0n) is 9.74. The number of hydrogen-bond acceptors (Lipinski definition) is 1. The Bertz CT molecular complexity index is 381. The second kappa shape index (κ2) is 5.49. The maximum Gasteiger partial charge on any atom is 0.260 e. The van der Waals surface area contributed by atoms with Crippen LogP contribution in [0.2, 0.25) is 0 Å². The zero-order chi connectivity index (χ0) is 13.1. The molecule has 1 unspecified atom stereocenters. The Hall–Kier alpha value is -1.10. The average molecular weight is 249 g/mol. The van der Waals surface area contributed by atoms with E-state index in [2.05, 4.69) is 5.32 Å². The van der Waals surface area contributed by atoms with Crippen molar-refractivity contribution in [2.24, 2.45) is 0 Å². The number of benzene rings is 1. The van der Waals surface area contributed by atoms with E-state index >= 15 is 0 Å². The van der Waals surface area contributed by atoms with Crippen LogP contribution in [0.25, 0.3) is 0 Å². The quantitative estimate of drug-likeness (QED) is 0.788. The maximum absolute atomic E-state index is 13.5. The predicted molar refractivity (Wildman–Crippen MR) is 58.0 cm³/mol. The van der Waals surface area contributed by atoms with Crippen molar-refractivity contribution in [2.45, 2.75) is 32.2 Å². The third-order valence-electron chi connectivity index (χ3n) is 2.69. The molecule has 1 atom stereocenters. The van der Waals surface area contributed by atoms with Crippen LogP contribution in [0.15, 0.2) is 18.2 Å². The molecule has 0 bridgehead atoms. The van der Waals surface area contributed by atoms with Crippen molar-refractivity contribution in [1.82, 2.24) is 5.32 Å². The van der Waals surface area contributed by atoms with Crippen molar-refractivity contribution in [3.8, 4) is 0 Å². The summed E-state index contributed by atoms with van der Waals surface area (Å²) < 4.78 is 52.7. The molecule has 0 spiro atoms. The zero-order valence-corrected chi connectivity index (χ0v) is 9.74. The van der Waals surface area contributed by atoms with Crippen molar-refractivity contribution < 1.29 is 17.6 Å². The lowest BCUT2D eigenvalue weighted by Gasteiger charge is -2.31. The second-order valence-electron chi connectivity index (χ2n) is 4.03. The van der Waals surface area contributed by atoms with Crippen LogP contribution in [0.3, 0.4) is 0 Å². The molecule has 0 aliphatic carbocycles. The summed E-state index contributed by atoms with van der Waals surface area (Å²) in [4.78, 5) is 0. The molecule has 1 aromatic carbocycles. The molecule has 0 saturated heterocycles. The molecule has 0 fully saturated rings. The lowest BCUT2D eigenvalue weighted by atomic mass is 9.91. The third kappa shape index (κ3) is 2.77. The molecule has 0 radical (unpaired) electrons. The summed E-state index contributed by atoms with van der Waals surface area (Å²) in [6.07, 6.45) is -2.20. The highest BCUT2D eigenvalue weighted by molar-refractivity contribution is 5.27. The highest BCUT2D eigenvalue weighted by atomic mass is 19.3. The first-order valence-electron chi connectivity index (χ1n) is 5.41. The second-order valence-corrected chi connectivity index (χ2v) is 4.03. The summed E-state index contributed by atoms with van der Waals surface area (Å²) in [6, 6.07) is 3.31. The first-order valence-corrected chi connectivity index (χ1v) is 5.41. The molecule has 0 aromatic heterocycles. The van der Waals surface area contributed by atoms with Gasteiger partial charge in [-0.2, -0.15) is 0 Å². The molecule has 0 aliphatic rings. The van der Waals surface area contributed by atoms with Gasteiger partial charge in [-0.1, -0.05) is 19.1 Å². The van der Waals surface area contributed by atoms with Gasteiger partial charge in [0.15, 0.2) is 11.6 Å². The summed E-state index contributed by atoms with van der Waals surface area (Å²) in [5.74, 6) is -2.34. The van der Waals surface area contributed by atoms with Crippen LogP contribution >= 0.6 is 0 Å². The van der Waals surface area contributed by atoms with Crippen molar-refractivity contribution in [2.75, 3.05) is 6.54 Å². The molecule has 1 nitrogen and oxygen atoms in total. The molecular weight excluding hydrogens is 234 g/mol. The molecule has 5 heteroatoms. The molecular formula is C12H15F4N. The minimum atomic E-state index is -2.83. The molecule has 17 heavy (non-hydrogen) atoms. The molecule has 1 aromatic rings. The van der Waals surface area contributed by atoms with Crippen LogP contribution in [-0.4, -0.2) is 13.0 Å². The Kier molecular flexibility index (Phi) is 4.51. The SMILES string of the molecule is CCCNC(C)(c1cccc(F)c1F)C(F)F. The van der Waals surface area contributed by atoms with E-state index in [1.54, 1.807) is 6.92 Å². The van der Waals surface area contributed by atoms with Crippen LogP contribution in [0.1, 0.15) is 25.8 Å². The van der Waals surface area contributed by atoms with Crippen molar-refractivity contribution in [1.29, 1.82) is 0 Å². The van der Waals surface area contributed by atoms with Gasteiger partial charge in [0.2, 0.25) is 0 Å². The molecule has 1 rings (SSSR count). The molecule has 1 N–H and O–H groups in total. The Morgan fingerprint density at radius 2 is 1.94 bits per heavy atom. The minimum absolute atomic E-state index is 0.302. The Balaban J connectivity index is 3.18. The molecule has 0 amide bonds. The number of nitrogens with one attached hydrogen (secondary N) is 1. The van der Waals surface area contributed by atoms with Gasteiger partial charge in [0, 0.05) is 5.56 Å². The summed E-state index contributed by atoms with van der Waals surface area (Å²) in [6.45, 7) is 3.28. The largest absolute Gasteiger partial charge is 0.303 e. The van der Waals surface area contributed by atoms with E-state index in [-0.39, 0.29) is 5.56 Å². The molecule has 96 valence electrons. The smallest absolute Gasteiger partial charge is 0.260 e. The van der Waals surface area contributed by atoms with Gasteiger partial charge in [0.1, 0.15) is 5.54 Å². The Morgan fingerprint density at radius 1 is 1.29 bits per heavy atom. The van der Waals surface area contributed by atoms with E-state index < -0.39 is 23.6 Å². The topological polar surface area (TPSA) is 12.0 Å². The number of alkyl halides is 2. The average Bonchev–Trinajstić information content (AvgIpc) is 2.29. The Labute approximate surface area is 97.8 Å². The van der Waals surface area contributed by atoms with E-state index in [1.165, 1.54) is 19.1 Å². The van der Waals surface area contributed by atoms with Gasteiger partial charge in [-0.05, 0) is 26.0 Å². The summed E-state index contributed by atoms with van der Waals surface area (Å²) >= 11 is 0. The maximum atomic E-state index is 13.5. The van der Waals surface area contributed by atoms with Crippen molar-refractivity contribution in [3.63, 3.8) is 0 Å². The monoisotopic (exact) mass is 249 g/mol. The van der Waals surface area contributed by atoms with Gasteiger partial charge in [0.25, 0.3) is 6.43 Å². The van der Waals surface area contributed by atoms with E-state index in [4.69, 9.17) is 0 Å². The van der Waals surface area contributed by atoms with Gasteiger partial charge >= 0.3 is 0 Å². The molecule has 0 saturated carbocycles. The Morgan fingerprint density at radius 3 is 2.47 bits per heavy atom. The summed E-state index contributed by atoms with van der Waals surface area (Å²) in [7, 11) is 0. The normalized spacial score (nSPS) is 15.0. The number of halogens is 4. The van der Waals surface area contributed by atoms with E-state index in [9.17, 15) is 17.6 Å². The standard InChI is InChI=1S/C12H15F4N/c1-3-7-17-12(2,11(15)16)8-5-4-6-9(13)10(8)14/h4-6,11,17H,3,7H2,1-2H3. The fraction of sp³-hybridized carbons (Fsp3) is 0.500. The number of hydrogen-bond donors (Lipinski definition) is 1. The van der Waals surface area contributed by atoms with E-state index in [1.807, 2.05) is 0 Å². The highest BCUT2D eigenvalue weighted by Crippen LogP contribution is 2.30. The van der Waals surface area contributed by atoms with Gasteiger partial charge in [-0.25, -0.2) is 17.6 Å². The van der Waals surface area contributed by atoms with Gasteiger partial charge in [0.05, 0.1) is 0 Å². The number of rotatable bonds is 5. The first-order chi connectivity index (χ1) is 7.93. The van der Waals surface area contributed by atoms with Crippen molar-refractivity contribution in [3.05, 3.63) is 35.4 Å². The summed E-state index contributed by atoms with van der Waals surface area (Å²) in [5.41, 5.74) is -2.22. The van der Waals surface area contributed by atoms with Gasteiger partial charge in [-0.3, -0.25) is 0 Å². The molecule has 0 heterocycles. The minimum Gasteiger partial charge on any atom is -0.303 e. The summed E-state index contributed by atoms with van der Waals surface area (Å²) in [5, 5.41) is 2.57. The van der Waals surface area contributed by atoms with Crippen molar-refractivity contribution >= 4 is 0 Å². The fourth-order valence-corrected chi connectivity index (χ4v) is 1.58.